The minimum absolute atomic E-state index is 0.625. The zero-order valence-electron chi connectivity index (χ0n) is 3.81. The van der Waals surface area contributed by atoms with Gasteiger partial charge in [0.1, 0.15) is 0 Å². The summed E-state index contributed by atoms with van der Waals surface area (Å²) in [4.78, 5) is 0. The van der Waals surface area contributed by atoms with E-state index < -0.39 is 0 Å². The van der Waals surface area contributed by atoms with Crippen molar-refractivity contribution in [2.45, 2.75) is 6.92 Å². The van der Waals surface area contributed by atoms with Gasteiger partial charge in [0, 0.05) is 6.54 Å². The van der Waals surface area contributed by atoms with Crippen LogP contribution in [0.2, 0.25) is 0 Å². The van der Waals surface area contributed by atoms with Crippen LogP contribution in [-0.4, -0.2) is 11.8 Å². The maximum absolute atomic E-state index is 7.62. The predicted octanol–water partition coefficient (Wildman–Crippen LogP) is -1.20. The zero-order chi connectivity index (χ0) is 5.41. The Morgan fingerprint density at radius 2 is 1.83 bits per heavy atom. The first-order valence-corrected chi connectivity index (χ1v) is 1.62. The van der Waals surface area contributed by atoms with Crippen molar-refractivity contribution in [3.8, 4) is 0 Å². The molecule has 0 saturated heterocycles. The van der Waals surface area contributed by atoms with E-state index in [1.54, 1.807) is 0 Å². The quantitative estimate of drug-likeness (QED) is 0.242. The standard InChI is InChI=1S/C2H7NO.H4N2/c1-2-3-4;1-2/h3-4H,2H2,1H3;1-2H2. The normalized spacial score (nSPS) is 6.00. The average Bonchev–Trinajstić information content (AvgIpc) is 1.72. The van der Waals surface area contributed by atoms with E-state index in [0.29, 0.717) is 6.54 Å². The summed E-state index contributed by atoms with van der Waals surface area (Å²) < 4.78 is 0. The lowest BCUT2D eigenvalue weighted by atomic mass is 10.8. The average molecular weight is 93.1 g/mol. The molecular formula is C2H11N3O. The summed E-state index contributed by atoms with van der Waals surface area (Å²) in [7, 11) is 0. The van der Waals surface area contributed by atoms with Gasteiger partial charge in [0.15, 0.2) is 0 Å². The second-order valence-corrected chi connectivity index (χ2v) is 0.512. The molecule has 0 bridgehead atoms. The van der Waals surface area contributed by atoms with Crippen LogP contribution in [0.4, 0.5) is 0 Å². The van der Waals surface area contributed by atoms with Gasteiger partial charge < -0.3 is 5.21 Å². The zero-order valence-corrected chi connectivity index (χ0v) is 3.81. The minimum Gasteiger partial charge on any atom is -0.317 e. The van der Waals surface area contributed by atoms with E-state index in [0.717, 1.165) is 0 Å². The molecule has 0 unspecified atom stereocenters. The SMILES string of the molecule is CCNO.NN. The molecule has 6 heavy (non-hydrogen) atoms. The molecule has 0 radical (unpaired) electrons. The van der Waals surface area contributed by atoms with Crippen LogP contribution in [0.1, 0.15) is 6.92 Å². The molecule has 0 aromatic carbocycles. The monoisotopic (exact) mass is 93.1 g/mol. The molecule has 0 rings (SSSR count). The Balaban J connectivity index is 0. The summed E-state index contributed by atoms with van der Waals surface area (Å²) in [6, 6.07) is 0. The van der Waals surface area contributed by atoms with Gasteiger partial charge in [0.2, 0.25) is 0 Å². The van der Waals surface area contributed by atoms with Gasteiger partial charge in [-0.15, -0.1) is 0 Å². The van der Waals surface area contributed by atoms with E-state index >= 15 is 0 Å². The maximum atomic E-state index is 7.62. The summed E-state index contributed by atoms with van der Waals surface area (Å²) >= 11 is 0. The lowest BCUT2D eigenvalue weighted by Crippen LogP contribution is -2.02. The number of hydrogen-bond acceptors (Lipinski definition) is 4. The third-order valence-corrected chi connectivity index (χ3v) is 0.158. The van der Waals surface area contributed by atoms with Crippen molar-refractivity contribution in [2.75, 3.05) is 6.54 Å². The molecule has 0 amide bonds. The Hall–Kier alpha value is -0.160. The Kier molecular flexibility index (Phi) is 32.6. The first-order chi connectivity index (χ1) is 2.91. The molecule has 0 atom stereocenters. The van der Waals surface area contributed by atoms with Gasteiger partial charge in [0.25, 0.3) is 0 Å². The minimum atomic E-state index is 0.625. The fourth-order valence-corrected chi connectivity index (χ4v) is 0. The van der Waals surface area contributed by atoms with Gasteiger partial charge in [-0.05, 0) is 0 Å². The Bertz CT molecular complexity index is 10.8. The molecule has 0 spiro atoms. The second kappa shape index (κ2) is 21.1. The molecule has 6 N–H and O–H groups in total. The molecule has 0 aliphatic carbocycles. The van der Waals surface area contributed by atoms with Crippen molar-refractivity contribution in [2.24, 2.45) is 11.7 Å². The maximum Gasteiger partial charge on any atom is 0.0179 e. The van der Waals surface area contributed by atoms with Gasteiger partial charge in [-0.1, -0.05) is 6.92 Å². The first kappa shape index (κ1) is 9.28. The molecule has 0 aromatic rings. The van der Waals surface area contributed by atoms with Crippen molar-refractivity contribution in [3.63, 3.8) is 0 Å². The summed E-state index contributed by atoms with van der Waals surface area (Å²) in [5.41, 5.74) is 1.93. The van der Waals surface area contributed by atoms with Crippen LogP contribution in [0.5, 0.6) is 0 Å². The van der Waals surface area contributed by atoms with Crippen LogP contribution in [-0.2, 0) is 0 Å². The second-order valence-electron chi connectivity index (χ2n) is 0.512. The summed E-state index contributed by atoms with van der Waals surface area (Å²) in [5, 5.41) is 7.62. The van der Waals surface area contributed by atoms with Gasteiger partial charge in [-0.3, -0.25) is 11.7 Å². The summed E-state index contributed by atoms with van der Waals surface area (Å²) in [6.07, 6.45) is 0. The van der Waals surface area contributed by atoms with Crippen molar-refractivity contribution in [3.05, 3.63) is 0 Å². The van der Waals surface area contributed by atoms with Gasteiger partial charge >= 0.3 is 0 Å². The van der Waals surface area contributed by atoms with E-state index in [9.17, 15) is 0 Å². The van der Waals surface area contributed by atoms with Crippen LogP contribution in [0.15, 0.2) is 0 Å². The molecule has 40 valence electrons. The Morgan fingerprint density at radius 1 is 1.67 bits per heavy atom. The Labute approximate surface area is 37.1 Å². The molecule has 0 saturated carbocycles. The summed E-state index contributed by atoms with van der Waals surface area (Å²) in [5.74, 6) is 8.00. The summed E-state index contributed by atoms with van der Waals surface area (Å²) in [6.45, 7) is 2.44. The molecule has 0 aliphatic rings. The van der Waals surface area contributed by atoms with Crippen LogP contribution >= 0.6 is 0 Å². The van der Waals surface area contributed by atoms with E-state index in [1.165, 1.54) is 0 Å². The fraction of sp³-hybridized carbons (Fsp3) is 1.00. The van der Waals surface area contributed by atoms with E-state index in [4.69, 9.17) is 5.21 Å². The number of hydrogen-bond donors (Lipinski definition) is 4. The largest absolute Gasteiger partial charge is 0.317 e. The van der Waals surface area contributed by atoms with Crippen molar-refractivity contribution in [1.29, 1.82) is 0 Å². The molecule has 4 nitrogen and oxygen atoms in total. The highest BCUT2D eigenvalue weighted by molar-refractivity contribution is 4.04. The van der Waals surface area contributed by atoms with Crippen molar-refractivity contribution in [1.82, 2.24) is 5.48 Å². The highest BCUT2D eigenvalue weighted by Gasteiger charge is 1.51. The van der Waals surface area contributed by atoms with E-state index in [1.807, 2.05) is 12.4 Å². The first-order valence-electron chi connectivity index (χ1n) is 1.62. The molecule has 4 heteroatoms. The third kappa shape index (κ3) is 43.9. The van der Waals surface area contributed by atoms with Gasteiger partial charge in [0.05, 0.1) is 0 Å². The van der Waals surface area contributed by atoms with Gasteiger partial charge in [-0.2, -0.15) is 0 Å². The highest BCUT2D eigenvalue weighted by Crippen LogP contribution is 1.34. The van der Waals surface area contributed by atoms with Crippen LogP contribution in [0, 0.1) is 0 Å². The molecule has 0 heterocycles. The lowest BCUT2D eigenvalue weighted by molar-refractivity contribution is 0.173. The number of hydroxylamine groups is 1. The van der Waals surface area contributed by atoms with Crippen LogP contribution in [0.3, 0.4) is 0 Å². The predicted molar refractivity (Wildman–Crippen MR) is 23.8 cm³/mol. The van der Waals surface area contributed by atoms with E-state index in [-0.39, 0.29) is 0 Å². The molecule has 0 fully saturated rings. The third-order valence-electron chi connectivity index (χ3n) is 0.158. The van der Waals surface area contributed by atoms with Crippen molar-refractivity contribution >= 4 is 0 Å². The number of rotatable bonds is 1. The van der Waals surface area contributed by atoms with E-state index in [2.05, 4.69) is 11.7 Å². The topological polar surface area (TPSA) is 84.3 Å². The Morgan fingerprint density at radius 3 is 1.83 bits per heavy atom. The molecule has 0 aromatic heterocycles. The van der Waals surface area contributed by atoms with Crippen molar-refractivity contribution < 1.29 is 5.21 Å². The van der Waals surface area contributed by atoms with Crippen LogP contribution < -0.4 is 17.2 Å². The van der Waals surface area contributed by atoms with Gasteiger partial charge in [-0.25, -0.2) is 5.48 Å². The number of hydrazine groups is 1. The molecule has 0 aliphatic heterocycles. The molecular weight excluding hydrogens is 82.0 g/mol. The lowest BCUT2D eigenvalue weighted by Gasteiger charge is -1.75. The number of nitrogens with one attached hydrogen (secondary N) is 1. The highest BCUT2D eigenvalue weighted by atomic mass is 16.5. The smallest absolute Gasteiger partial charge is 0.0179 e. The number of nitrogens with two attached hydrogens (primary N) is 2. The van der Waals surface area contributed by atoms with Crippen LogP contribution in [0.25, 0.3) is 0 Å². The fourth-order valence-electron chi connectivity index (χ4n) is 0.